The SMILES string of the molecule is O=C(O)CCCCCNC(=O)NC1CCN2CCCC12. The van der Waals surface area contributed by atoms with Gasteiger partial charge in [0.2, 0.25) is 0 Å². The number of hydrogen-bond acceptors (Lipinski definition) is 3. The monoisotopic (exact) mass is 283 g/mol. The predicted molar refractivity (Wildman–Crippen MR) is 75.6 cm³/mol. The highest BCUT2D eigenvalue weighted by Gasteiger charge is 2.37. The second kappa shape index (κ2) is 7.47. The Balaban J connectivity index is 1.53. The molecule has 2 saturated heterocycles. The van der Waals surface area contributed by atoms with E-state index in [9.17, 15) is 9.59 Å². The maximum Gasteiger partial charge on any atom is 0.315 e. The predicted octanol–water partition coefficient (Wildman–Crippen LogP) is 1.17. The molecule has 3 N–H and O–H groups in total. The lowest BCUT2D eigenvalue weighted by molar-refractivity contribution is -0.137. The van der Waals surface area contributed by atoms with Crippen molar-refractivity contribution in [1.29, 1.82) is 0 Å². The van der Waals surface area contributed by atoms with E-state index in [-0.39, 0.29) is 12.5 Å². The van der Waals surface area contributed by atoms with E-state index < -0.39 is 5.97 Å². The molecule has 114 valence electrons. The van der Waals surface area contributed by atoms with Crippen LogP contribution in [-0.2, 0) is 4.79 Å². The number of carboxylic acid groups (broad SMARTS) is 1. The van der Waals surface area contributed by atoms with Gasteiger partial charge in [-0.15, -0.1) is 0 Å². The Morgan fingerprint density at radius 1 is 1.15 bits per heavy atom. The number of carbonyl (C=O) groups excluding carboxylic acids is 1. The molecule has 6 heteroatoms. The van der Waals surface area contributed by atoms with Gasteiger partial charge in [-0.3, -0.25) is 9.69 Å². The lowest BCUT2D eigenvalue weighted by atomic mass is 10.1. The van der Waals surface area contributed by atoms with E-state index in [1.807, 2.05) is 0 Å². The molecule has 2 amide bonds. The highest BCUT2D eigenvalue weighted by Crippen LogP contribution is 2.27. The van der Waals surface area contributed by atoms with Crippen LogP contribution < -0.4 is 10.6 Å². The summed E-state index contributed by atoms with van der Waals surface area (Å²) in [6, 6.07) is 0.753. The molecule has 2 heterocycles. The molecule has 0 saturated carbocycles. The van der Waals surface area contributed by atoms with Gasteiger partial charge >= 0.3 is 12.0 Å². The van der Waals surface area contributed by atoms with Crippen LogP contribution in [-0.4, -0.2) is 53.7 Å². The Morgan fingerprint density at radius 3 is 2.80 bits per heavy atom. The zero-order chi connectivity index (χ0) is 14.4. The summed E-state index contributed by atoms with van der Waals surface area (Å²) < 4.78 is 0. The molecule has 0 aromatic rings. The van der Waals surface area contributed by atoms with Crippen molar-refractivity contribution >= 4 is 12.0 Å². The number of nitrogens with one attached hydrogen (secondary N) is 2. The molecule has 2 aliphatic heterocycles. The van der Waals surface area contributed by atoms with Gasteiger partial charge in [0, 0.05) is 31.6 Å². The Bertz CT molecular complexity index is 349. The normalized spacial score (nSPS) is 25.4. The highest BCUT2D eigenvalue weighted by atomic mass is 16.4. The van der Waals surface area contributed by atoms with Gasteiger partial charge in [-0.1, -0.05) is 6.42 Å². The minimum atomic E-state index is -0.752. The van der Waals surface area contributed by atoms with E-state index in [1.54, 1.807) is 0 Å². The van der Waals surface area contributed by atoms with Crippen LogP contribution >= 0.6 is 0 Å². The maximum atomic E-state index is 11.8. The van der Waals surface area contributed by atoms with Crippen LogP contribution in [0, 0.1) is 0 Å². The summed E-state index contributed by atoms with van der Waals surface area (Å²) in [5, 5.41) is 14.4. The lowest BCUT2D eigenvalue weighted by Gasteiger charge is -2.21. The summed E-state index contributed by atoms with van der Waals surface area (Å²) >= 11 is 0. The third-order valence-corrected chi connectivity index (χ3v) is 4.28. The topological polar surface area (TPSA) is 81.7 Å². The third-order valence-electron chi connectivity index (χ3n) is 4.28. The van der Waals surface area contributed by atoms with Crippen LogP contribution in [0.15, 0.2) is 0 Å². The molecule has 2 aliphatic rings. The number of fused-ring (bicyclic) bond motifs is 1. The number of urea groups is 1. The number of unbranched alkanes of at least 4 members (excludes halogenated alkanes) is 2. The van der Waals surface area contributed by atoms with Gasteiger partial charge in [-0.05, 0) is 38.6 Å². The molecule has 0 aliphatic carbocycles. The van der Waals surface area contributed by atoms with Crippen molar-refractivity contribution in [3.8, 4) is 0 Å². The number of hydrogen-bond donors (Lipinski definition) is 3. The van der Waals surface area contributed by atoms with Crippen molar-refractivity contribution < 1.29 is 14.7 Å². The molecule has 0 bridgehead atoms. The summed E-state index contributed by atoms with van der Waals surface area (Å²) in [5.41, 5.74) is 0. The average Bonchev–Trinajstić information content (AvgIpc) is 2.98. The zero-order valence-corrected chi connectivity index (χ0v) is 11.9. The second-order valence-electron chi connectivity index (χ2n) is 5.75. The summed E-state index contributed by atoms with van der Waals surface area (Å²) in [6.45, 7) is 2.89. The molecule has 2 rings (SSSR count). The minimum Gasteiger partial charge on any atom is -0.481 e. The van der Waals surface area contributed by atoms with Crippen LogP contribution in [0.25, 0.3) is 0 Å². The third kappa shape index (κ3) is 4.37. The summed E-state index contributed by atoms with van der Waals surface area (Å²) in [4.78, 5) is 24.6. The highest BCUT2D eigenvalue weighted by molar-refractivity contribution is 5.74. The van der Waals surface area contributed by atoms with Crippen LogP contribution in [0.1, 0.15) is 44.9 Å². The van der Waals surface area contributed by atoms with Crippen molar-refractivity contribution in [3.05, 3.63) is 0 Å². The Hall–Kier alpha value is -1.30. The van der Waals surface area contributed by atoms with E-state index in [1.165, 1.54) is 19.4 Å². The number of carbonyl (C=O) groups is 2. The largest absolute Gasteiger partial charge is 0.481 e. The van der Waals surface area contributed by atoms with E-state index >= 15 is 0 Å². The molecule has 2 unspecified atom stereocenters. The van der Waals surface area contributed by atoms with Crippen LogP contribution in [0.3, 0.4) is 0 Å². The van der Waals surface area contributed by atoms with Crippen LogP contribution in [0.2, 0.25) is 0 Å². The molecule has 0 radical (unpaired) electrons. The van der Waals surface area contributed by atoms with Gasteiger partial charge in [0.25, 0.3) is 0 Å². The Morgan fingerprint density at radius 2 is 2.00 bits per heavy atom. The number of carboxylic acids is 1. The molecule has 20 heavy (non-hydrogen) atoms. The summed E-state index contributed by atoms with van der Waals surface area (Å²) in [7, 11) is 0. The van der Waals surface area contributed by atoms with Gasteiger partial charge in [-0.25, -0.2) is 4.79 Å². The molecule has 0 aromatic carbocycles. The molecule has 0 aromatic heterocycles. The van der Waals surface area contributed by atoms with E-state index in [2.05, 4.69) is 15.5 Å². The Kier molecular flexibility index (Phi) is 5.64. The molecule has 2 fully saturated rings. The first-order valence-corrected chi connectivity index (χ1v) is 7.67. The number of nitrogens with zero attached hydrogens (tertiary/aromatic N) is 1. The van der Waals surface area contributed by atoms with E-state index in [0.29, 0.717) is 25.0 Å². The smallest absolute Gasteiger partial charge is 0.315 e. The molecular weight excluding hydrogens is 258 g/mol. The first-order chi connectivity index (χ1) is 9.66. The van der Waals surface area contributed by atoms with Crippen LogP contribution in [0.5, 0.6) is 0 Å². The number of amides is 2. The van der Waals surface area contributed by atoms with E-state index in [0.717, 1.165) is 25.8 Å². The zero-order valence-electron chi connectivity index (χ0n) is 11.9. The van der Waals surface area contributed by atoms with E-state index in [4.69, 9.17) is 5.11 Å². The standard InChI is InChI=1S/C14H25N3O3/c18-13(19)6-2-1-3-8-15-14(20)16-11-7-10-17-9-4-5-12(11)17/h11-12H,1-10H2,(H,18,19)(H2,15,16,20). The van der Waals surface area contributed by atoms with Crippen molar-refractivity contribution in [2.75, 3.05) is 19.6 Å². The lowest BCUT2D eigenvalue weighted by Crippen LogP contribution is -2.47. The molecule has 0 spiro atoms. The van der Waals surface area contributed by atoms with Crippen molar-refractivity contribution in [1.82, 2.24) is 15.5 Å². The Labute approximate surface area is 119 Å². The first-order valence-electron chi connectivity index (χ1n) is 7.67. The van der Waals surface area contributed by atoms with Crippen molar-refractivity contribution in [2.24, 2.45) is 0 Å². The van der Waals surface area contributed by atoms with Gasteiger partial charge in [0.1, 0.15) is 0 Å². The van der Waals surface area contributed by atoms with Gasteiger partial charge < -0.3 is 15.7 Å². The number of rotatable bonds is 7. The average molecular weight is 283 g/mol. The number of aliphatic carboxylic acids is 1. The van der Waals surface area contributed by atoms with Crippen LogP contribution in [0.4, 0.5) is 4.79 Å². The van der Waals surface area contributed by atoms with Gasteiger partial charge in [0.15, 0.2) is 0 Å². The van der Waals surface area contributed by atoms with Gasteiger partial charge in [-0.2, -0.15) is 0 Å². The minimum absolute atomic E-state index is 0.0815. The van der Waals surface area contributed by atoms with Crippen molar-refractivity contribution in [2.45, 2.75) is 57.0 Å². The quantitative estimate of drug-likeness (QED) is 0.613. The van der Waals surface area contributed by atoms with Crippen molar-refractivity contribution in [3.63, 3.8) is 0 Å². The first kappa shape index (κ1) is 15.1. The summed E-state index contributed by atoms with van der Waals surface area (Å²) in [6.07, 6.45) is 6.06. The summed E-state index contributed by atoms with van der Waals surface area (Å²) in [5.74, 6) is -0.752. The molecule has 2 atom stereocenters. The second-order valence-corrected chi connectivity index (χ2v) is 5.75. The fraction of sp³-hybridized carbons (Fsp3) is 0.857. The fourth-order valence-electron chi connectivity index (χ4n) is 3.25. The fourth-order valence-corrected chi connectivity index (χ4v) is 3.25. The molecule has 6 nitrogen and oxygen atoms in total. The molecular formula is C14H25N3O3. The van der Waals surface area contributed by atoms with Gasteiger partial charge in [0.05, 0.1) is 0 Å². The maximum absolute atomic E-state index is 11.8.